The Morgan fingerprint density at radius 2 is 1.94 bits per heavy atom. The fourth-order valence-corrected chi connectivity index (χ4v) is 2.42. The molecule has 0 atom stereocenters. The van der Waals surface area contributed by atoms with Crippen LogP contribution in [0.5, 0.6) is 0 Å². The van der Waals surface area contributed by atoms with E-state index in [0.29, 0.717) is 16.8 Å². The number of nitrogens with two attached hydrogens (primary N) is 1. The van der Waals surface area contributed by atoms with Gasteiger partial charge in [-0.3, -0.25) is 0 Å². The second kappa shape index (κ2) is 4.53. The average Bonchev–Trinajstić information content (AvgIpc) is 2.20. The van der Waals surface area contributed by atoms with E-state index in [1.54, 1.807) is 12.1 Å². The lowest BCUT2D eigenvalue weighted by molar-refractivity contribution is 0.120. The van der Waals surface area contributed by atoms with Gasteiger partial charge in [-0.15, -0.1) is 0 Å². The van der Waals surface area contributed by atoms with Crippen LogP contribution in [0.15, 0.2) is 18.2 Å². The van der Waals surface area contributed by atoms with Crippen molar-refractivity contribution in [2.75, 3.05) is 36.8 Å². The summed E-state index contributed by atoms with van der Waals surface area (Å²) in [6, 6.07) is 4.91. The Morgan fingerprint density at radius 1 is 1.29 bits per heavy atom. The molecule has 0 amide bonds. The van der Waals surface area contributed by atoms with Crippen LogP contribution in [0.1, 0.15) is 13.8 Å². The van der Waals surface area contributed by atoms with Crippen LogP contribution in [0, 0.1) is 11.2 Å². The van der Waals surface area contributed by atoms with Gasteiger partial charge in [0, 0.05) is 37.3 Å². The summed E-state index contributed by atoms with van der Waals surface area (Å²) in [5, 5.41) is 3.26. The van der Waals surface area contributed by atoms with E-state index < -0.39 is 0 Å². The maximum atomic E-state index is 13.6. The van der Waals surface area contributed by atoms with Gasteiger partial charge in [-0.05, 0) is 18.2 Å². The van der Waals surface area contributed by atoms with Crippen LogP contribution in [0.2, 0.25) is 0 Å². The number of hydrogen-bond donors (Lipinski definition) is 2. The van der Waals surface area contributed by atoms with E-state index in [9.17, 15) is 4.39 Å². The average molecular weight is 237 g/mol. The molecule has 1 aromatic rings. The molecule has 2 fully saturated rings. The van der Waals surface area contributed by atoms with Gasteiger partial charge in [-0.2, -0.15) is 0 Å². The molecule has 0 aliphatic carbocycles. The molecule has 0 radical (unpaired) electrons. The number of hydrogen-bond acceptors (Lipinski definition) is 3. The van der Waals surface area contributed by atoms with Gasteiger partial charge in [-0.25, -0.2) is 4.39 Å². The smallest absolute Gasteiger partial charge is 0.148 e. The molecule has 94 valence electrons. The van der Waals surface area contributed by atoms with Crippen LogP contribution in [0.25, 0.3) is 0 Å². The number of benzene rings is 1. The van der Waals surface area contributed by atoms with Crippen LogP contribution >= 0.6 is 0 Å². The molecule has 3 N–H and O–H groups in total. The zero-order valence-electron chi connectivity index (χ0n) is 10.5. The third kappa shape index (κ3) is 2.09. The number of rotatable bonds is 1. The first-order valence-corrected chi connectivity index (χ1v) is 6.19. The molecule has 0 saturated carbocycles. The first kappa shape index (κ1) is 12.2. The van der Waals surface area contributed by atoms with E-state index >= 15 is 0 Å². The van der Waals surface area contributed by atoms with E-state index in [1.165, 1.54) is 6.07 Å². The molecular formula is C13H20FN3. The van der Waals surface area contributed by atoms with Crippen molar-refractivity contribution in [1.29, 1.82) is 0 Å². The Hall–Kier alpha value is -1.29. The summed E-state index contributed by atoms with van der Waals surface area (Å²) in [4.78, 5) is 2.08. The minimum absolute atomic E-state index is 0.211. The summed E-state index contributed by atoms with van der Waals surface area (Å²) in [6.07, 6.45) is 0. The maximum Gasteiger partial charge on any atom is 0.148 e. The summed E-state index contributed by atoms with van der Waals surface area (Å²) in [5.41, 5.74) is 7.10. The second-order valence-corrected chi connectivity index (χ2v) is 4.67. The quantitative estimate of drug-likeness (QED) is 0.732. The molecule has 3 nitrogen and oxygen atoms in total. The van der Waals surface area contributed by atoms with Crippen molar-refractivity contribution >= 4 is 11.4 Å². The van der Waals surface area contributed by atoms with E-state index in [-0.39, 0.29) is 5.82 Å². The summed E-state index contributed by atoms with van der Waals surface area (Å²) in [6.45, 7) is 8.06. The van der Waals surface area contributed by atoms with Crippen molar-refractivity contribution in [2.24, 2.45) is 5.41 Å². The highest BCUT2D eigenvalue weighted by Gasteiger charge is 2.47. The monoisotopic (exact) mass is 237 g/mol. The van der Waals surface area contributed by atoms with Gasteiger partial charge in [0.1, 0.15) is 5.82 Å². The topological polar surface area (TPSA) is 41.3 Å². The molecule has 2 aliphatic rings. The Kier molecular flexibility index (Phi) is 3.24. The first-order valence-electron chi connectivity index (χ1n) is 6.19. The van der Waals surface area contributed by atoms with Crippen LogP contribution < -0.4 is 16.0 Å². The van der Waals surface area contributed by atoms with Crippen LogP contribution in [-0.4, -0.2) is 26.2 Å². The van der Waals surface area contributed by atoms with Gasteiger partial charge < -0.3 is 16.0 Å². The lowest BCUT2D eigenvalue weighted by atomic mass is 9.74. The number of halogens is 1. The molecule has 2 heterocycles. The van der Waals surface area contributed by atoms with E-state index in [0.717, 1.165) is 26.2 Å². The van der Waals surface area contributed by atoms with Crippen molar-refractivity contribution < 1.29 is 4.39 Å². The molecule has 0 unspecified atom stereocenters. The summed E-state index contributed by atoms with van der Waals surface area (Å²) in [7, 11) is 0. The Bertz CT molecular complexity index is 394. The van der Waals surface area contributed by atoms with Gasteiger partial charge in [0.25, 0.3) is 0 Å². The molecule has 2 saturated heterocycles. The number of anilines is 2. The molecule has 0 aromatic heterocycles. The fraction of sp³-hybridized carbons (Fsp3) is 0.538. The third-order valence-corrected chi connectivity index (χ3v) is 3.36. The van der Waals surface area contributed by atoms with Crippen molar-refractivity contribution in [3.05, 3.63) is 24.0 Å². The van der Waals surface area contributed by atoms with Crippen molar-refractivity contribution in [3.8, 4) is 0 Å². The second-order valence-electron chi connectivity index (χ2n) is 4.67. The van der Waals surface area contributed by atoms with Gasteiger partial charge in [-0.1, -0.05) is 13.8 Å². The predicted molar refractivity (Wildman–Crippen MR) is 69.7 cm³/mol. The molecule has 0 bridgehead atoms. The third-order valence-electron chi connectivity index (χ3n) is 3.36. The molecule has 17 heavy (non-hydrogen) atoms. The van der Waals surface area contributed by atoms with Crippen LogP contribution in [0.3, 0.4) is 0 Å². The van der Waals surface area contributed by atoms with E-state index in [1.807, 2.05) is 13.8 Å². The zero-order valence-corrected chi connectivity index (χ0v) is 10.5. The Morgan fingerprint density at radius 3 is 2.41 bits per heavy atom. The largest absolute Gasteiger partial charge is 0.399 e. The summed E-state index contributed by atoms with van der Waals surface area (Å²) >= 11 is 0. The maximum absolute atomic E-state index is 13.6. The minimum Gasteiger partial charge on any atom is -0.399 e. The van der Waals surface area contributed by atoms with Crippen molar-refractivity contribution in [2.45, 2.75) is 13.8 Å². The summed E-state index contributed by atoms with van der Waals surface area (Å²) < 4.78 is 13.6. The van der Waals surface area contributed by atoms with Gasteiger partial charge in [0.2, 0.25) is 0 Å². The summed E-state index contributed by atoms with van der Waals surface area (Å²) in [5.74, 6) is -0.211. The van der Waals surface area contributed by atoms with E-state index in [4.69, 9.17) is 5.73 Å². The standard InChI is InChI=1S/C11H14FN3.C2H6/c12-9-3-8(13)1-2-10(9)15-6-11(7-15)4-14-5-11;1-2/h1-3,14H,4-7,13H2;1-2H3. The molecule has 1 aromatic carbocycles. The molecule has 2 aliphatic heterocycles. The fourth-order valence-electron chi connectivity index (χ4n) is 2.42. The number of nitrogen functional groups attached to an aromatic ring is 1. The zero-order chi connectivity index (χ0) is 12.5. The Labute approximate surface area is 102 Å². The lowest BCUT2D eigenvalue weighted by Gasteiger charge is -2.57. The highest BCUT2D eigenvalue weighted by atomic mass is 19.1. The normalized spacial score (nSPS) is 20.1. The van der Waals surface area contributed by atoms with Gasteiger partial charge >= 0.3 is 0 Å². The van der Waals surface area contributed by atoms with E-state index in [2.05, 4.69) is 10.2 Å². The first-order chi connectivity index (χ1) is 8.19. The van der Waals surface area contributed by atoms with Crippen LogP contribution in [-0.2, 0) is 0 Å². The van der Waals surface area contributed by atoms with Crippen molar-refractivity contribution in [1.82, 2.24) is 5.32 Å². The molecule has 4 heteroatoms. The van der Waals surface area contributed by atoms with Gasteiger partial charge in [0.05, 0.1) is 5.69 Å². The lowest BCUT2D eigenvalue weighted by Crippen LogP contribution is -2.71. The van der Waals surface area contributed by atoms with Crippen molar-refractivity contribution in [3.63, 3.8) is 0 Å². The van der Waals surface area contributed by atoms with Gasteiger partial charge in [0.15, 0.2) is 0 Å². The highest BCUT2D eigenvalue weighted by Crippen LogP contribution is 2.38. The van der Waals surface area contributed by atoms with Crippen LogP contribution in [0.4, 0.5) is 15.8 Å². The minimum atomic E-state index is -0.211. The SMILES string of the molecule is CC.Nc1ccc(N2CC3(CNC3)C2)c(F)c1. The Balaban J connectivity index is 0.000000514. The highest BCUT2D eigenvalue weighted by molar-refractivity contribution is 5.56. The number of nitrogens with one attached hydrogen (secondary N) is 1. The number of nitrogens with zero attached hydrogens (tertiary/aromatic N) is 1. The molecular weight excluding hydrogens is 217 g/mol. The predicted octanol–water partition coefficient (Wildman–Crippen LogP) is 1.84. The molecule has 1 spiro atoms. The molecule has 3 rings (SSSR count).